The summed E-state index contributed by atoms with van der Waals surface area (Å²) in [6, 6.07) is 10.1. The molecule has 0 saturated carbocycles. The summed E-state index contributed by atoms with van der Waals surface area (Å²) in [5.74, 6) is 1.95. The highest BCUT2D eigenvalue weighted by atomic mass is 16.5. The molecule has 0 aliphatic carbocycles. The maximum Gasteiger partial charge on any atom is 0.129 e. The third-order valence-corrected chi connectivity index (χ3v) is 5.45. The van der Waals surface area contributed by atoms with Crippen molar-refractivity contribution in [3.8, 4) is 0 Å². The number of nitrogens with one attached hydrogen (secondary N) is 1. The largest absolute Gasteiger partial charge is 0.465 e. The number of hydrogen-bond acceptors (Lipinski definition) is 3. The summed E-state index contributed by atoms with van der Waals surface area (Å²) in [7, 11) is 0. The molecule has 2 rings (SSSR count). The van der Waals surface area contributed by atoms with Crippen LogP contribution in [0.1, 0.15) is 97.0 Å². The second-order valence-corrected chi connectivity index (χ2v) is 7.96. The first-order chi connectivity index (χ1) is 17.0. The lowest BCUT2D eigenvalue weighted by Crippen LogP contribution is -2.18. The smallest absolute Gasteiger partial charge is 0.129 e. The molecule has 35 heavy (non-hydrogen) atoms. The SMILES string of the molecule is C=CO/C(=C\C)c1ccc(C=C)c(N=C(C)NC(=C)c2ccnc(C(CCC)CCC)c2)c1.CC.[HH]. The molecule has 0 amide bonds. The molecule has 4 nitrogen and oxygen atoms in total. The van der Waals surface area contributed by atoms with Gasteiger partial charge < -0.3 is 10.1 Å². The van der Waals surface area contributed by atoms with E-state index in [1.54, 1.807) is 6.08 Å². The zero-order valence-corrected chi connectivity index (χ0v) is 22.5. The zero-order chi connectivity index (χ0) is 26.2. The predicted octanol–water partition coefficient (Wildman–Crippen LogP) is 9.51. The van der Waals surface area contributed by atoms with Crippen LogP contribution in [0.3, 0.4) is 0 Å². The van der Waals surface area contributed by atoms with Crippen molar-refractivity contribution in [2.45, 2.75) is 73.1 Å². The molecule has 0 bridgehead atoms. The minimum atomic E-state index is 0. The summed E-state index contributed by atoms with van der Waals surface area (Å²) in [6.07, 6.45) is 11.6. The maximum atomic E-state index is 5.51. The number of benzene rings is 1. The van der Waals surface area contributed by atoms with Gasteiger partial charge in [0.15, 0.2) is 0 Å². The summed E-state index contributed by atoms with van der Waals surface area (Å²) in [6.45, 7) is 24.1. The van der Waals surface area contributed by atoms with E-state index in [0.29, 0.717) is 5.92 Å². The molecule has 0 aliphatic rings. The number of pyridine rings is 1. The fourth-order valence-corrected chi connectivity index (χ4v) is 3.85. The molecule has 0 aliphatic heterocycles. The molecular weight excluding hydrogens is 430 g/mol. The van der Waals surface area contributed by atoms with Gasteiger partial charge in [-0.2, -0.15) is 0 Å². The van der Waals surface area contributed by atoms with Crippen molar-refractivity contribution in [3.63, 3.8) is 0 Å². The Hall–Kier alpha value is -3.40. The van der Waals surface area contributed by atoms with E-state index in [2.05, 4.69) is 50.0 Å². The quantitative estimate of drug-likeness (QED) is 0.189. The molecular formula is C31H45N3O. The van der Waals surface area contributed by atoms with Crippen LogP contribution >= 0.6 is 0 Å². The van der Waals surface area contributed by atoms with Crippen LogP contribution in [-0.2, 0) is 4.74 Å². The van der Waals surface area contributed by atoms with Gasteiger partial charge in [0.05, 0.1) is 11.9 Å². The van der Waals surface area contributed by atoms with Gasteiger partial charge in [0.1, 0.15) is 11.6 Å². The van der Waals surface area contributed by atoms with Crippen LogP contribution in [0.15, 0.2) is 73.6 Å². The lowest BCUT2D eigenvalue weighted by atomic mass is 9.93. The van der Waals surface area contributed by atoms with Crippen LogP contribution in [0.5, 0.6) is 0 Å². The Balaban J connectivity index is 0.00000398. The molecule has 0 saturated heterocycles. The van der Waals surface area contributed by atoms with Crippen LogP contribution in [-0.4, -0.2) is 10.8 Å². The number of amidine groups is 1. The molecule has 190 valence electrons. The van der Waals surface area contributed by atoms with Crippen LogP contribution in [0.25, 0.3) is 17.5 Å². The van der Waals surface area contributed by atoms with Gasteiger partial charge in [0, 0.05) is 36.1 Å². The highest BCUT2D eigenvalue weighted by molar-refractivity contribution is 5.91. The molecule has 1 aromatic heterocycles. The van der Waals surface area contributed by atoms with Crippen LogP contribution in [0, 0.1) is 0 Å². The number of hydrogen-bond donors (Lipinski definition) is 1. The highest BCUT2D eigenvalue weighted by Gasteiger charge is 2.13. The van der Waals surface area contributed by atoms with E-state index in [1.165, 1.54) is 6.26 Å². The first-order valence-electron chi connectivity index (χ1n) is 12.7. The normalized spacial score (nSPS) is 11.4. The molecule has 0 atom stereocenters. The van der Waals surface area contributed by atoms with Crippen molar-refractivity contribution in [1.82, 2.24) is 10.3 Å². The first kappa shape index (κ1) is 29.6. The van der Waals surface area contributed by atoms with E-state index >= 15 is 0 Å². The second kappa shape index (κ2) is 16.3. The van der Waals surface area contributed by atoms with E-state index in [1.807, 2.05) is 64.2 Å². The number of aliphatic imine (C=N–C) groups is 1. The van der Waals surface area contributed by atoms with Gasteiger partial charge in [-0.3, -0.25) is 4.98 Å². The molecule has 4 heteroatoms. The van der Waals surface area contributed by atoms with E-state index in [9.17, 15) is 0 Å². The standard InChI is InChI=1S/C29H37N3O.C2H6.H2/c1-8-13-24(14-9-2)27-19-25(17-18-30-27)21(6)31-22(7)32-28-20-26(16-15-23(28)10-3)29(11-4)33-12-5;1-2;/h10-12,15-20,24H,3,5-6,8-9,13-14H2,1-2,4,7H3,(H,31,32);1-2H3;1H/b29-11-;;. The van der Waals surface area contributed by atoms with Crippen LogP contribution in [0.4, 0.5) is 5.69 Å². The fraction of sp³-hybridized carbons (Fsp3) is 0.355. The lowest BCUT2D eigenvalue weighted by molar-refractivity contribution is 0.438. The van der Waals surface area contributed by atoms with Crippen molar-refractivity contribution in [2.75, 3.05) is 0 Å². The number of rotatable bonds is 12. The molecule has 1 N–H and O–H groups in total. The molecule has 1 heterocycles. The van der Waals surface area contributed by atoms with E-state index in [-0.39, 0.29) is 1.43 Å². The molecule has 0 radical (unpaired) electrons. The number of ether oxygens (including phenoxy) is 1. The summed E-state index contributed by atoms with van der Waals surface area (Å²) in [5.41, 5.74) is 5.62. The highest BCUT2D eigenvalue weighted by Crippen LogP contribution is 2.28. The number of allylic oxidation sites excluding steroid dienone is 1. The van der Waals surface area contributed by atoms with E-state index in [0.717, 1.165) is 71.0 Å². The van der Waals surface area contributed by atoms with Gasteiger partial charge in [-0.1, -0.05) is 78.5 Å². The maximum absolute atomic E-state index is 5.51. The van der Waals surface area contributed by atoms with Crippen LogP contribution < -0.4 is 5.32 Å². The number of nitrogens with zero attached hydrogens (tertiary/aromatic N) is 2. The van der Waals surface area contributed by atoms with Gasteiger partial charge in [-0.05, 0) is 56.5 Å². The van der Waals surface area contributed by atoms with Gasteiger partial charge in [-0.15, -0.1) is 0 Å². The third kappa shape index (κ3) is 9.05. The van der Waals surface area contributed by atoms with E-state index < -0.39 is 0 Å². The summed E-state index contributed by atoms with van der Waals surface area (Å²) >= 11 is 0. The Labute approximate surface area is 214 Å². The summed E-state index contributed by atoms with van der Waals surface area (Å²) in [5, 5.41) is 3.35. The van der Waals surface area contributed by atoms with Gasteiger partial charge in [0.25, 0.3) is 0 Å². The van der Waals surface area contributed by atoms with Crippen molar-refractivity contribution >= 4 is 29.1 Å². The second-order valence-electron chi connectivity index (χ2n) is 7.96. The molecule has 1 aromatic carbocycles. The topological polar surface area (TPSA) is 46.5 Å². The predicted molar refractivity (Wildman–Crippen MR) is 157 cm³/mol. The van der Waals surface area contributed by atoms with Crippen molar-refractivity contribution in [3.05, 3.63) is 91.0 Å². The zero-order valence-electron chi connectivity index (χ0n) is 22.5. The van der Waals surface area contributed by atoms with Gasteiger partial charge >= 0.3 is 0 Å². The Morgan fingerprint density at radius 2 is 1.80 bits per heavy atom. The van der Waals surface area contributed by atoms with Crippen molar-refractivity contribution in [1.29, 1.82) is 0 Å². The average molecular weight is 476 g/mol. The van der Waals surface area contributed by atoms with E-state index in [4.69, 9.17) is 9.73 Å². The Kier molecular flexibility index (Phi) is 13.8. The Morgan fingerprint density at radius 1 is 1.11 bits per heavy atom. The van der Waals surface area contributed by atoms with Gasteiger partial charge in [-0.25, -0.2) is 4.99 Å². The minimum Gasteiger partial charge on any atom is -0.465 e. The number of aromatic nitrogens is 1. The summed E-state index contributed by atoms with van der Waals surface area (Å²) in [4.78, 5) is 9.44. The molecule has 0 fully saturated rings. The summed E-state index contributed by atoms with van der Waals surface area (Å²) < 4.78 is 5.51. The third-order valence-electron chi connectivity index (χ3n) is 5.45. The average Bonchev–Trinajstić information content (AvgIpc) is 2.88. The minimum absolute atomic E-state index is 0. The Morgan fingerprint density at radius 3 is 2.37 bits per heavy atom. The van der Waals surface area contributed by atoms with Crippen LogP contribution in [0.2, 0.25) is 0 Å². The lowest BCUT2D eigenvalue weighted by Gasteiger charge is -2.17. The van der Waals surface area contributed by atoms with Gasteiger partial charge in [0.2, 0.25) is 0 Å². The molecule has 2 aromatic rings. The fourth-order valence-electron chi connectivity index (χ4n) is 3.85. The Bertz CT molecular complexity index is 1030. The molecule has 0 unspecified atom stereocenters. The van der Waals surface area contributed by atoms with Crippen molar-refractivity contribution in [2.24, 2.45) is 4.99 Å². The molecule has 0 spiro atoms. The van der Waals surface area contributed by atoms with Crippen molar-refractivity contribution < 1.29 is 6.16 Å². The first-order valence-corrected chi connectivity index (χ1v) is 12.7. The monoisotopic (exact) mass is 475 g/mol.